The van der Waals surface area contributed by atoms with Crippen molar-refractivity contribution in [3.63, 3.8) is 0 Å². The molecule has 1 aliphatic carbocycles. The van der Waals surface area contributed by atoms with Crippen molar-refractivity contribution in [3.8, 4) is 0 Å². The van der Waals surface area contributed by atoms with Crippen LogP contribution >= 0.6 is 0 Å². The third kappa shape index (κ3) is 5.98. The van der Waals surface area contributed by atoms with Gasteiger partial charge in [-0.3, -0.25) is 4.90 Å². The molecule has 2 bridgehead atoms. The summed E-state index contributed by atoms with van der Waals surface area (Å²) >= 11 is 0. The van der Waals surface area contributed by atoms with Crippen LogP contribution in [0.1, 0.15) is 57.8 Å². The second-order valence-corrected chi connectivity index (χ2v) is 13.9. The van der Waals surface area contributed by atoms with Crippen LogP contribution in [0.4, 0.5) is 0 Å². The number of methoxy groups -OCH3 is 1. The molecular formula is C25H49N5O3S+2. The summed E-state index contributed by atoms with van der Waals surface area (Å²) in [5.74, 6) is 1.56. The predicted octanol–water partition coefficient (Wildman–Crippen LogP) is -1.15. The number of piperazine rings is 1. The van der Waals surface area contributed by atoms with Crippen LogP contribution in [0.3, 0.4) is 0 Å². The van der Waals surface area contributed by atoms with Gasteiger partial charge in [-0.05, 0) is 44.4 Å². The molecule has 6 rings (SSSR count). The van der Waals surface area contributed by atoms with Gasteiger partial charge in [0, 0.05) is 65.0 Å². The Bertz CT molecular complexity index is 746. The number of quaternary nitrogens is 2. The van der Waals surface area contributed by atoms with Gasteiger partial charge >= 0.3 is 0 Å². The zero-order valence-corrected chi connectivity index (χ0v) is 22.1. The van der Waals surface area contributed by atoms with E-state index in [1.165, 1.54) is 84.5 Å². The van der Waals surface area contributed by atoms with Crippen LogP contribution in [0, 0.1) is 11.8 Å². The first-order valence-corrected chi connectivity index (χ1v) is 15.7. The third-order valence-electron chi connectivity index (χ3n) is 9.88. The maximum atomic E-state index is 12.9. The van der Waals surface area contributed by atoms with E-state index in [4.69, 9.17) is 4.74 Å². The number of nitrogens with one attached hydrogen (secondary N) is 2. The highest BCUT2D eigenvalue weighted by Gasteiger charge is 2.45. The maximum Gasteiger partial charge on any atom is 0.214 e. The van der Waals surface area contributed by atoms with E-state index in [2.05, 4.69) is 19.8 Å². The number of piperidine rings is 4. The molecule has 0 spiro atoms. The Morgan fingerprint density at radius 2 is 1.82 bits per heavy atom. The van der Waals surface area contributed by atoms with Gasteiger partial charge in [0.2, 0.25) is 10.0 Å². The first-order valence-electron chi connectivity index (χ1n) is 14.2. The normalized spacial score (nSPS) is 40.4. The first kappa shape index (κ1) is 25.4. The second-order valence-electron chi connectivity index (χ2n) is 11.8. The number of nitrogens with two attached hydrogens (primary N) is 1. The lowest BCUT2D eigenvalue weighted by Crippen LogP contribution is -3.20. The lowest BCUT2D eigenvalue weighted by Gasteiger charge is -2.49. The standard InChI is InChI=1S/C25H47N5O3S/c1-33-23-5-7-24(8-6-23)34(31,32)27-17-22-16-20-9-11-30(22)19-21(20)18-28-12-14-29(15-13-28)25-4-2-3-10-26-25/h20-27H,2-19H2,1H3/p+2. The fourth-order valence-electron chi connectivity index (χ4n) is 7.65. The van der Waals surface area contributed by atoms with Crippen molar-refractivity contribution in [2.75, 3.05) is 66.0 Å². The largest absolute Gasteiger partial charge is 0.381 e. The molecule has 5 unspecified atom stereocenters. The maximum absolute atomic E-state index is 12.9. The lowest BCUT2D eigenvalue weighted by atomic mass is 9.75. The van der Waals surface area contributed by atoms with Gasteiger partial charge in [0.1, 0.15) is 12.2 Å². The minimum absolute atomic E-state index is 0.234. The third-order valence-corrected chi connectivity index (χ3v) is 11.8. The molecular weight excluding hydrogens is 450 g/mol. The van der Waals surface area contributed by atoms with Crippen LogP contribution < -0.4 is 14.9 Å². The average molecular weight is 500 g/mol. The fraction of sp³-hybridized carbons (Fsp3) is 1.00. The smallest absolute Gasteiger partial charge is 0.214 e. The summed E-state index contributed by atoms with van der Waals surface area (Å²) in [6.45, 7) is 10.5. The van der Waals surface area contributed by atoms with E-state index in [0.29, 0.717) is 12.6 Å². The number of sulfonamides is 1. The van der Waals surface area contributed by atoms with E-state index in [1.54, 1.807) is 12.0 Å². The molecule has 1 saturated carbocycles. The number of fused-ring (bicyclic) bond motifs is 3. The predicted molar refractivity (Wildman–Crippen MR) is 133 cm³/mol. The molecule has 0 radical (unpaired) electrons. The summed E-state index contributed by atoms with van der Waals surface area (Å²) in [5.41, 5.74) is 0. The molecule has 9 heteroatoms. The Balaban J connectivity index is 1.05. The Morgan fingerprint density at radius 1 is 1.03 bits per heavy atom. The quantitative estimate of drug-likeness (QED) is 0.393. The Hall–Kier alpha value is -0.290. The molecule has 34 heavy (non-hydrogen) atoms. The Morgan fingerprint density at radius 3 is 2.47 bits per heavy atom. The second kappa shape index (κ2) is 11.4. The van der Waals surface area contributed by atoms with Crippen LogP contribution in [0.5, 0.6) is 0 Å². The van der Waals surface area contributed by atoms with Gasteiger partial charge in [0.25, 0.3) is 0 Å². The average Bonchev–Trinajstić information content (AvgIpc) is 2.89. The monoisotopic (exact) mass is 499 g/mol. The van der Waals surface area contributed by atoms with E-state index in [9.17, 15) is 8.42 Å². The molecule has 5 heterocycles. The summed E-state index contributed by atoms with van der Waals surface area (Å²) < 4.78 is 34.3. The summed E-state index contributed by atoms with van der Waals surface area (Å²) in [6.07, 6.45) is 10.8. The molecule has 6 fully saturated rings. The number of hydrogen-bond acceptors (Lipinski definition) is 5. The van der Waals surface area contributed by atoms with E-state index in [0.717, 1.165) is 43.7 Å². The highest BCUT2D eigenvalue weighted by Crippen LogP contribution is 2.29. The molecule has 5 aliphatic heterocycles. The van der Waals surface area contributed by atoms with Gasteiger partial charge in [-0.15, -0.1) is 0 Å². The number of rotatable bonds is 8. The van der Waals surface area contributed by atoms with Gasteiger partial charge in [-0.25, -0.2) is 13.1 Å². The lowest BCUT2D eigenvalue weighted by molar-refractivity contribution is -0.945. The molecule has 0 amide bonds. The zero-order chi connectivity index (χ0) is 23.5. The fourth-order valence-corrected chi connectivity index (χ4v) is 9.21. The SMILES string of the molecule is COC1CCC(S(=O)(=O)NCC2CC3CC[NH+]2CC3CN2CCN(C3CCCC[NH2+]3)CC2)CC1. The van der Waals surface area contributed by atoms with Crippen molar-refractivity contribution in [2.24, 2.45) is 11.8 Å². The van der Waals surface area contributed by atoms with Crippen molar-refractivity contribution in [1.82, 2.24) is 14.5 Å². The van der Waals surface area contributed by atoms with E-state index >= 15 is 0 Å². The van der Waals surface area contributed by atoms with Crippen molar-refractivity contribution < 1.29 is 23.4 Å². The van der Waals surface area contributed by atoms with Crippen LogP contribution in [0.25, 0.3) is 0 Å². The molecule has 0 aromatic rings. The minimum Gasteiger partial charge on any atom is -0.381 e. The van der Waals surface area contributed by atoms with Gasteiger partial charge in [-0.2, -0.15) is 0 Å². The van der Waals surface area contributed by atoms with E-state index < -0.39 is 10.0 Å². The molecule has 6 aliphatic rings. The van der Waals surface area contributed by atoms with Gasteiger partial charge in [-0.1, -0.05) is 0 Å². The molecule has 5 saturated heterocycles. The van der Waals surface area contributed by atoms with Crippen molar-refractivity contribution in [2.45, 2.75) is 81.3 Å². The number of hydrogen-bond donors (Lipinski definition) is 3. The molecule has 0 aromatic carbocycles. The molecule has 5 atom stereocenters. The Kier molecular flexibility index (Phi) is 8.51. The summed E-state index contributed by atoms with van der Waals surface area (Å²) in [6, 6.07) is 0.457. The van der Waals surface area contributed by atoms with Crippen molar-refractivity contribution in [1.29, 1.82) is 0 Å². The van der Waals surface area contributed by atoms with Gasteiger partial charge in [0.05, 0.1) is 37.5 Å². The highest BCUT2D eigenvalue weighted by molar-refractivity contribution is 7.90. The van der Waals surface area contributed by atoms with Crippen molar-refractivity contribution in [3.05, 3.63) is 0 Å². The summed E-state index contributed by atoms with van der Waals surface area (Å²) in [7, 11) is -1.48. The van der Waals surface area contributed by atoms with E-state index in [-0.39, 0.29) is 11.4 Å². The highest BCUT2D eigenvalue weighted by atomic mass is 32.2. The summed E-state index contributed by atoms with van der Waals surface area (Å²) in [5, 5.41) is 2.33. The van der Waals surface area contributed by atoms with Crippen LogP contribution in [-0.2, 0) is 14.8 Å². The van der Waals surface area contributed by atoms with Crippen LogP contribution in [0.15, 0.2) is 0 Å². The molecule has 196 valence electrons. The molecule has 8 nitrogen and oxygen atoms in total. The van der Waals surface area contributed by atoms with Crippen LogP contribution in [-0.4, -0.2) is 108 Å². The minimum atomic E-state index is -3.22. The van der Waals surface area contributed by atoms with Gasteiger partial charge < -0.3 is 19.9 Å². The van der Waals surface area contributed by atoms with Crippen molar-refractivity contribution >= 4 is 10.0 Å². The molecule has 0 aromatic heterocycles. The van der Waals surface area contributed by atoms with Crippen LogP contribution in [0.2, 0.25) is 0 Å². The Labute approximate surface area is 207 Å². The zero-order valence-electron chi connectivity index (χ0n) is 21.3. The number of nitrogens with zero attached hydrogens (tertiary/aromatic N) is 2. The first-order chi connectivity index (χ1) is 16.5. The number of ether oxygens (including phenoxy) is 1. The van der Waals surface area contributed by atoms with E-state index in [1.807, 2.05) is 0 Å². The summed E-state index contributed by atoms with van der Waals surface area (Å²) in [4.78, 5) is 7.09. The van der Waals surface area contributed by atoms with Gasteiger partial charge in [0.15, 0.2) is 0 Å². The topological polar surface area (TPSA) is 82.9 Å². The molecule has 4 N–H and O–H groups in total.